The fourth-order valence-electron chi connectivity index (χ4n) is 15.7. The Labute approximate surface area is 676 Å². The Morgan fingerprint density at radius 2 is 1.46 bits per heavy atom. The Morgan fingerprint density at radius 1 is 0.788 bits per heavy atom. The number of β-amino-alcohol motifs (C(OH)–C–C–N with tert-alkyl or cyclic N) is 1. The van der Waals surface area contributed by atoms with E-state index < -0.39 is 81.5 Å². The second kappa shape index (κ2) is 39.0. The van der Waals surface area contributed by atoms with E-state index in [2.05, 4.69) is 65.0 Å². The molecule has 4 fully saturated rings. The van der Waals surface area contributed by atoms with Gasteiger partial charge in [-0.2, -0.15) is 13.2 Å². The van der Waals surface area contributed by atoms with E-state index in [1.807, 2.05) is 112 Å². The van der Waals surface area contributed by atoms with Gasteiger partial charge in [0.1, 0.15) is 17.0 Å². The second-order valence-electron chi connectivity index (χ2n) is 31.6. The predicted octanol–water partition coefficient (Wildman–Crippen LogP) is 13.4. The summed E-state index contributed by atoms with van der Waals surface area (Å²) in [6.45, 7) is 18.3. The molecule has 30 heteroatoms. The number of benzene rings is 5. The number of nitrogens with zero attached hydrogens (tertiary/aromatic N) is 7. The van der Waals surface area contributed by atoms with Crippen LogP contribution in [0.4, 0.5) is 35.0 Å². The number of morpholine rings is 1. The van der Waals surface area contributed by atoms with E-state index >= 15 is 0 Å². The van der Waals surface area contributed by atoms with Gasteiger partial charge >= 0.3 is 10.7 Å². The van der Waals surface area contributed by atoms with Crippen LogP contribution in [0.2, 0.25) is 5.02 Å². The van der Waals surface area contributed by atoms with Crippen LogP contribution in [0.3, 0.4) is 0 Å². The molecule has 5 amide bonds. The zero-order chi connectivity index (χ0) is 80.8. The number of thioether (sulfide) groups is 1. The Morgan fingerprint density at radius 3 is 2.12 bits per heavy atom. The molecule has 6 aromatic rings. The van der Waals surface area contributed by atoms with Crippen LogP contribution in [0.25, 0.3) is 16.0 Å². The van der Waals surface area contributed by atoms with Gasteiger partial charge in [0.25, 0.3) is 19.7 Å². The number of rotatable bonds is 31. The lowest BCUT2D eigenvalue weighted by molar-refractivity contribution is -0.144. The number of aryl methyl sites for hydroxylation is 1. The predicted molar refractivity (Wildman–Crippen MR) is 439 cm³/mol. The summed E-state index contributed by atoms with van der Waals surface area (Å²) in [7, 11) is -9.00. The summed E-state index contributed by atoms with van der Waals surface area (Å²) in [6, 6.07) is 31.8. The lowest BCUT2D eigenvalue weighted by Gasteiger charge is -2.40. The average molecular weight is 1660 g/mol. The summed E-state index contributed by atoms with van der Waals surface area (Å²) in [4.78, 5) is 85.6. The molecule has 0 spiro atoms. The number of likely N-dealkylation sites (tertiary alicyclic amines) is 2. The molecule has 5 N–H and O–H groups in total. The highest BCUT2D eigenvalue weighted by Gasteiger charge is 2.49. The average Bonchev–Trinajstić information content (AvgIpc) is 1.56. The van der Waals surface area contributed by atoms with Crippen molar-refractivity contribution >= 4 is 106 Å². The highest BCUT2D eigenvalue weighted by molar-refractivity contribution is 8.06. The number of aromatic nitrogens is 1. The van der Waals surface area contributed by atoms with Crippen LogP contribution in [0.1, 0.15) is 134 Å². The van der Waals surface area contributed by atoms with Gasteiger partial charge in [0.2, 0.25) is 23.6 Å². The highest BCUT2D eigenvalue weighted by Crippen LogP contribution is 2.40. The van der Waals surface area contributed by atoms with Crippen LogP contribution in [-0.4, -0.2) is 221 Å². The molecule has 0 bridgehead atoms. The number of anilines is 3. The number of halogens is 4. The van der Waals surface area contributed by atoms with E-state index in [0.29, 0.717) is 114 Å². The summed E-state index contributed by atoms with van der Waals surface area (Å²) < 4.78 is 103. The number of alkyl halides is 3. The van der Waals surface area contributed by atoms with Crippen LogP contribution in [0, 0.1) is 18.3 Å². The number of amides is 5. The molecule has 5 aliphatic rings. The van der Waals surface area contributed by atoms with Gasteiger partial charge < -0.3 is 50.7 Å². The SMILES string of the molecule is Cc1ncsc1-c1ccc([C@H](C)NC(=O)[C@@H]2C[C@@H](O)CN2C(=O)[C@@H](NC(=O)CCCCCCC(=O)N2CCC(CN(C)C3CCC(c4ccc(Cl)cc4)=C(CN4CCN(c5ccc(NC(=O)S(=O)(=O)c6ccc(N[C@H](CCN7CCOCC7)CSc7ccccc7)c(S(=O)(=O)C(F)(F)F)c6)cc5)CC4)C3)CC2)C(C)(C)C)cc1. The summed E-state index contributed by atoms with van der Waals surface area (Å²) in [6.07, 6.45) is 7.73. The zero-order valence-corrected chi connectivity index (χ0v) is 69.3. The molecule has 1 aliphatic carbocycles. The molecule has 22 nitrogen and oxygen atoms in total. The standard InChI is InChI=1S/C83H107ClF3N11O11S4/c1-56(59-18-20-61(21-19-59)77-57(2)88-55-111-77)89-79(102)73-49-68(99)53-98(73)80(103)78(82(3,4)5)92-75(100)16-12-7-8-13-17-76(101)97-38-34-58(35-39-97)51-93(6)67-30-32-71(60-22-24-63(84)25-23-60)62(48-67)52-95-40-42-96(43-41-95)66-28-26-64(27-29-66)91-81(104)112(105,106)70-31-33-72(74(50-70)113(107,108)83(85,86)87)90-65(36-37-94-44-46-109-47-45-94)54-110-69-14-10-9-11-15-69/h9-11,14-15,18-29,31,33,50,55-56,58,65,67-68,73,78,90,99H,7-8,12-13,16-17,30,32,34-49,51-54H2,1-6H3,(H,89,102)(H,91,104)(H,92,100)/t56-,65+,67?,68+,73-,78+/m0/s1. The lowest BCUT2D eigenvalue weighted by Crippen LogP contribution is -2.57. The number of aliphatic hydroxyl groups excluding tert-OH is 1. The third kappa shape index (κ3) is 23.0. The maximum atomic E-state index is 14.4. The minimum Gasteiger partial charge on any atom is -0.391 e. The molecule has 4 aliphatic heterocycles. The molecule has 5 aromatic carbocycles. The van der Waals surface area contributed by atoms with Crippen LogP contribution in [0.5, 0.6) is 0 Å². The molecular formula is C83H107ClF3N11O11S4. The Balaban J connectivity index is 0.610. The summed E-state index contributed by atoms with van der Waals surface area (Å²) >= 11 is 9.39. The van der Waals surface area contributed by atoms with Crippen molar-refractivity contribution in [1.29, 1.82) is 0 Å². The van der Waals surface area contributed by atoms with Crippen LogP contribution in [0.15, 0.2) is 147 Å². The van der Waals surface area contributed by atoms with Gasteiger partial charge in [-0.05, 0) is 173 Å². The van der Waals surface area contributed by atoms with Crippen molar-refractivity contribution in [3.05, 3.63) is 154 Å². The number of hydrogen-bond acceptors (Lipinski definition) is 19. The van der Waals surface area contributed by atoms with E-state index in [0.717, 1.165) is 121 Å². The number of carbonyl (C=O) groups is 5. The third-order valence-electron chi connectivity index (χ3n) is 22.4. The van der Waals surface area contributed by atoms with Crippen LogP contribution in [-0.2, 0) is 43.6 Å². The van der Waals surface area contributed by atoms with E-state index in [1.165, 1.54) is 27.8 Å². The van der Waals surface area contributed by atoms with Crippen molar-refractivity contribution in [2.75, 3.05) is 120 Å². The number of aliphatic hydroxyl groups is 1. The number of piperazine rings is 1. The van der Waals surface area contributed by atoms with Gasteiger partial charge in [-0.25, -0.2) is 21.8 Å². The Hall–Kier alpha value is -7.45. The largest absolute Gasteiger partial charge is 0.501 e. The lowest BCUT2D eigenvalue weighted by atomic mass is 9.83. The summed E-state index contributed by atoms with van der Waals surface area (Å²) in [5.74, 6) is -0.115. The van der Waals surface area contributed by atoms with Crippen LogP contribution >= 0.6 is 34.7 Å². The molecule has 612 valence electrons. The molecule has 5 heterocycles. The topological polar surface area (TPSA) is 264 Å². The zero-order valence-electron chi connectivity index (χ0n) is 65.3. The second-order valence-corrected chi connectivity index (χ2v) is 37.7. The normalized spacial score (nSPS) is 19.4. The number of thiazole rings is 1. The molecule has 0 radical (unpaired) electrons. The first-order valence-corrected chi connectivity index (χ1v) is 44.5. The summed E-state index contributed by atoms with van der Waals surface area (Å²) in [5, 5.41) is 21.3. The molecule has 1 unspecified atom stereocenters. The fourth-order valence-corrected chi connectivity index (χ4v) is 19.6. The number of unbranched alkanes of at least 4 members (excludes halogenated alkanes) is 3. The molecule has 1 aromatic heterocycles. The van der Waals surface area contributed by atoms with E-state index in [-0.39, 0.29) is 48.8 Å². The Bertz CT molecular complexity index is 4500. The fraction of sp³-hybridized carbons (Fsp3) is 0.518. The molecule has 0 saturated carbocycles. The highest BCUT2D eigenvalue weighted by atomic mass is 35.5. The van der Waals surface area contributed by atoms with Gasteiger partial charge in [-0.1, -0.05) is 105 Å². The summed E-state index contributed by atoms with van der Waals surface area (Å²) in [5.41, 5.74) is 2.60. The van der Waals surface area contributed by atoms with Crippen molar-refractivity contribution in [2.24, 2.45) is 11.3 Å². The molecular weight excluding hydrogens is 1550 g/mol. The maximum absolute atomic E-state index is 14.4. The number of hydrogen-bond donors (Lipinski definition) is 5. The van der Waals surface area contributed by atoms with Crippen molar-refractivity contribution in [3.8, 4) is 10.4 Å². The minimum absolute atomic E-state index is 0.0170. The van der Waals surface area contributed by atoms with Gasteiger partial charge in [0.15, 0.2) is 0 Å². The molecule has 4 saturated heterocycles. The molecule has 11 rings (SSSR count). The van der Waals surface area contributed by atoms with Crippen LogP contribution < -0.4 is 26.2 Å². The minimum atomic E-state index is -6.13. The number of carbonyl (C=O) groups excluding carboxylic acids is 5. The molecule has 113 heavy (non-hydrogen) atoms. The number of nitrogens with one attached hydrogen (secondary N) is 4. The number of sulfone groups is 2. The smallest absolute Gasteiger partial charge is 0.391 e. The van der Waals surface area contributed by atoms with Crippen molar-refractivity contribution < 1.29 is 63.8 Å². The van der Waals surface area contributed by atoms with Crippen molar-refractivity contribution in [3.63, 3.8) is 0 Å². The molecule has 6 atom stereocenters. The number of allylic oxidation sites excluding steroid dienone is 1. The van der Waals surface area contributed by atoms with Gasteiger partial charge in [-0.15, -0.1) is 23.1 Å². The quantitative estimate of drug-likeness (QED) is 0.0200. The first-order chi connectivity index (χ1) is 53.9. The first-order valence-electron chi connectivity index (χ1n) is 39.3. The van der Waals surface area contributed by atoms with Gasteiger partial charge in [0.05, 0.1) is 52.0 Å². The third-order valence-corrected chi connectivity index (χ3v) is 27.8. The van der Waals surface area contributed by atoms with E-state index in [9.17, 15) is 59.1 Å². The monoisotopic (exact) mass is 1650 g/mol. The van der Waals surface area contributed by atoms with E-state index in [4.69, 9.17) is 16.3 Å². The first kappa shape index (κ1) is 86.4. The maximum Gasteiger partial charge on any atom is 0.501 e. The van der Waals surface area contributed by atoms with Gasteiger partial charge in [0, 0.05) is 137 Å². The number of ether oxygens (including phenoxy) is 1. The Kier molecular flexibility index (Phi) is 29.8. The van der Waals surface area contributed by atoms with E-state index in [1.54, 1.807) is 35.6 Å². The van der Waals surface area contributed by atoms with Crippen molar-refractivity contribution in [2.45, 2.75) is 175 Å². The number of piperidine rings is 1. The van der Waals surface area contributed by atoms with Crippen molar-refractivity contribution in [1.82, 2.24) is 40.1 Å². The van der Waals surface area contributed by atoms with Gasteiger partial charge in [-0.3, -0.25) is 33.8 Å².